The molecular weight excluding hydrogens is 292 g/mol. The van der Waals surface area contributed by atoms with Crippen LogP contribution in [0.15, 0.2) is 0 Å². The van der Waals surface area contributed by atoms with Crippen LogP contribution in [0.4, 0.5) is 0 Å². The Morgan fingerprint density at radius 3 is 2.38 bits per heavy atom. The largest absolute Gasteiger partial charge is 0.300 e. The standard InChI is InChI=1S/C10H19BrN2O2S/c1-13-9-3-2-4-10(13)6-8(5-9)12-16(14,15)7-11/h8-10,12H,2-7H2,1H3. The number of fused-ring (bicyclic) bond motifs is 2. The molecule has 0 aromatic rings. The van der Waals surface area contributed by atoms with Crippen molar-refractivity contribution in [3.8, 4) is 0 Å². The van der Waals surface area contributed by atoms with E-state index in [0.717, 1.165) is 12.8 Å². The molecule has 0 amide bonds. The SMILES string of the molecule is CN1C2CCCC1CC(NS(=O)(=O)CBr)C2. The fourth-order valence-corrected chi connectivity index (χ4v) is 4.16. The third-order valence-corrected chi connectivity index (χ3v) is 6.62. The van der Waals surface area contributed by atoms with Crippen LogP contribution in [0.3, 0.4) is 0 Å². The molecule has 0 radical (unpaired) electrons. The van der Waals surface area contributed by atoms with Crippen LogP contribution >= 0.6 is 15.9 Å². The first-order valence-corrected chi connectivity index (χ1v) is 8.57. The lowest BCUT2D eigenvalue weighted by Gasteiger charge is -2.47. The quantitative estimate of drug-likeness (QED) is 0.799. The summed E-state index contributed by atoms with van der Waals surface area (Å²) in [5, 5.41) is 0. The van der Waals surface area contributed by atoms with Gasteiger partial charge in [0.15, 0.2) is 0 Å². The van der Waals surface area contributed by atoms with E-state index >= 15 is 0 Å². The molecule has 1 N–H and O–H groups in total. The number of piperidine rings is 2. The van der Waals surface area contributed by atoms with Crippen LogP contribution in [0, 0.1) is 0 Å². The average molecular weight is 311 g/mol. The van der Waals surface area contributed by atoms with Gasteiger partial charge in [-0.1, -0.05) is 22.4 Å². The molecule has 0 spiro atoms. The van der Waals surface area contributed by atoms with E-state index in [1.165, 1.54) is 19.3 Å². The Morgan fingerprint density at radius 1 is 1.31 bits per heavy atom. The minimum atomic E-state index is -3.12. The lowest BCUT2D eigenvalue weighted by Crippen LogP contribution is -2.55. The molecule has 2 fully saturated rings. The smallest absolute Gasteiger partial charge is 0.221 e. The highest BCUT2D eigenvalue weighted by Crippen LogP contribution is 2.32. The summed E-state index contributed by atoms with van der Waals surface area (Å²) in [7, 11) is -0.949. The van der Waals surface area contributed by atoms with Crippen molar-refractivity contribution in [2.75, 3.05) is 11.7 Å². The molecule has 6 heteroatoms. The van der Waals surface area contributed by atoms with Crippen molar-refractivity contribution in [1.29, 1.82) is 0 Å². The Balaban J connectivity index is 2.00. The second-order valence-corrected chi connectivity index (χ2v) is 7.97. The highest BCUT2D eigenvalue weighted by molar-refractivity contribution is 9.10. The summed E-state index contributed by atoms with van der Waals surface area (Å²) in [5.74, 6) is 0. The van der Waals surface area contributed by atoms with Crippen molar-refractivity contribution in [1.82, 2.24) is 9.62 Å². The maximum Gasteiger partial charge on any atom is 0.221 e. The van der Waals surface area contributed by atoms with Gasteiger partial charge >= 0.3 is 0 Å². The minimum Gasteiger partial charge on any atom is -0.300 e. The number of hydrogen-bond acceptors (Lipinski definition) is 3. The fourth-order valence-electron chi connectivity index (χ4n) is 3.00. The van der Waals surface area contributed by atoms with Crippen molar-refractivity contribution >= 4 is 26.0 Å². The van der Waals surface area contributed by atoms with E-state index in [1.54, 1.807) is 0 Å². The molecule has 0 aromatic heterocycles. The molecule has 2 saturated heterocycles. The Hall–Kier alpha value is 0.350. The zero-order chi connectivity index (χ0) is 11.8. The minimum absolute atomic E-state index is 0.00166. The summed E-state index contributed by atoms with van der Waals surface area (Å²) in [4.78, 5) is 2.43. The number of sulfonamides is 1. The van der Waals surface area contributed by atoms with Gasteiger partial charge in [-0.25, -0.2) is 13.1 Å². The lowest BCUT2D eigenvalue weighted by atomic mass is 9.83. The molecule has 2 heterocycles. The molecule has 0 aliphatic carbocycles. The number of halogens is 1. The molecule has 2 atom stereocenters. The summed E-state index contributed by atoms with van der Waals surface area (Å²) in [6.45, 7) is 0. The highest BCUT2D eigenvalue weighted by atomic mass is 79.9. The van der Waals surface area contributed by atoms with Gasteiger partial charge in [0.05, 0.1) is 0 Å². The van der Waals surface area contributed by atoms with Gasteiger partial charge in [0.25, 0.3) is 0 Å². The Kier molecular flexibility index (Phi) is 3.93. The Labute approximate surface area is 106 Å². The van der Waals surface area contributed by atoms with Gasteiger partial charge in [-0.3, -0.25) is 0 Å². The Morgan fingerprint density at radius 2 is 1.88 bits per heavy atom. The number of hydrogen-bond donors (Lipinski definition) is 1. The van der Waals surface area contributed by atoms with Gasteiger partial charge in [0.1, 0.15) is 4.66 Å². The van der Waals surface area contributed by atoms with E-state index in [-0.39, 0.29) is 10.7 Å². The molecule has 94 valence electrons. The van der Waals surface area contributed by atoms with Gasteiger partial charge < -0.3 is 4.90 Å². The van der Waals surface area contributed by atoms with Crippen LogP contribution in [0.5, 0.6) is 0 Å². The second-order valence-electron chi connectivity index (χ2n) is 4.91. The normalized spacial score (nSPS) is 36.2. The molecule has 0 saturated carbocycles. The first-order chi connectivity index (χ1) is 7.52. The number of rotatable bonds is 3. The topological polar surface area (TPSA) is 49.4 Å². The predicted molar refractivity (Wildman–Crippen MR) is 68.1 cm³/mol. The van der Waals surface area contributed by atoms with Gasteiger partial charge in [-0.2, -0.15) is 0 Å². The maximum atomic E-state index is 11.5. The van der Waals surface area contributed by atoms with E-state index in [4.69, 9.17) is 0 Å². The molecule has 2 aliphatic rings. The molecular formula is C10H19BrN2O2S. The zero-order valence-corrected chi connectivity index (χ0v) is 11.9. The van der Waals surface area contributed by atoms with Crippen LogP contribution in [0.25, 0.3) is 0 Å². The molecule has 0 aromatic carbocycles. The van der Waals surface area contributed by atoms with Gasteiger partial charge in [0, 0.05) is 18.1 Å². The van der Waals surface area contributed by atoms with Crippen molar-refractivity contribution in [2.24, 2.45) is 0 Å². The lowest BCUT2D eigenvalue weighted by molar-refractivity contribution is 0.0536. The van der Waals surface area contributed by atoms with Gasteiger partial charge in [-0.05, 0) is 32.7 Å². The Bertz CT molecular complexity index is 333. The molecule has 2 bridgehead atoms. The monoisotopic (exact) mass is 310 g/mol. The summed E-state index contributed by atoms with van der Waals surface area (Å²) in [5.41, 5.74) is 0. The summed E-state index contributed by atoms with van der Waals surface area (Å²) < 4.78 is 25.8. The third-order valence-electron chi connectivity index (χ3n) is 3.83. The average Bonchev–Trinajstić information content (AvgIpc) is 2.19. The first-order valence-electron chi connectivity index (χ1n) is 5.80. The molecule has 2 rings (SSSR count). The first kappa shape index (κ1) is 12.8. The van der Waals surface area contributed by atoms with Crippen molar-refractivity contribution in [3.05, 3.63) is 0 Å². The maximum absolute atomic E-state index is 11.5. The van der Waals surface area contributed by atoms with E-state index in [0.29, 0.717) is 12.1 Å². The van der Waals surface area contributed by atoms with Crippen LogP contribution in [-0.4, -0.2) is 43.2 Å². The number of nitrogens with one attached hydrogen (secondary N) is 1. The van der Waals surface area contributed by atoms with Crippen LogP contribution in [0.2, 0.25) is 0 Å². The summed E-state index contributed by atoms with van der Waals surface area (Å²) >= 11 is 3.01. The van der Waals surface area contributed by atoms with Crippen molar-refractivity contribution in [2.45, 2.75) is 50.2 Å². The van der Waals surface area contributed by atoms with Gasteiger partial charge in [0.2, 0.25) is 10.0 Å². The summed E-state index contributed by atoms with van der Waals surface area (Å²) in [6, 6.07) is 1.26. The van der Waals surface area contributed by atoms with E-state index in [2.05, 4.69) is 32.6 Å². The fraction of sp³-hybridized carbons (Fsp3) is 1.00. The van der Waals surface area contributed by atoms with Crippen molar-refractivity contribution in [3.63, 3.8) is 0 Å². The predicted octanol–water partition coefficient (Wildman–Crippen LogP) is 1.27. The van der Waals surface area contributed by atoms with Crippen LogP contribution in [0.1, 0.15) is 32.1 Å². The van der Waals surface area contributed by atoms with E-state index in [1.807, 2.05) is 0 Å². The molecule has 4 nitrogen and oxygen atoms in total. The molecule has 16 heavy (non-hydrogen) atoms. The van der Waals surface area contributed by atoms with Crippen LogP contribution in [-0.2, 0) is 10.0 Å². The van der Waals surface area contributed by atoms with Crippen LogP contribution < -0.4 is 4.72 Å². The van der Waals surface area contributed by atoms with Crippen molar-refractivity contribution < 1.29 is 8.42 Å². The molecule has 2 aliphatic heterocycles. The summed E-state index contributed by atoms with van der Waals surface area (Å²) in [6.07, 6.45) is 5.62. The van der Waals surface area contributed by atoms with E-state index in [9.17, 15) is 8.42 Å². The van der Waals surface area contributed by atoms with E-state index < -0.39 is 10.0 Å². The zero-order valence-electron chi connectivity index (χ0n) is 9.52. The van der Waals surface area contributed by atoms with Gasteiger partial charge in [-0.15, -0.1) is 0 Å². The molecule has 2 unspecified atom stereocenters. The number of alkyl halides is 1. The number of nitrogens with zero attached hydrogens (tertiary/aromatic N) is 1. The second kappa shape index (κ2) is 4.92. The third kappa shape index (κ3) is 2.78. The highest BCUT2D eigenvalue weighted by Gasteiger charge is 2.36.